The van der Waals surface area contributed by atoms with Crippen molar-refractivity contribution in [1.29, 1.82) is 0 Å². The molecular weight excluding hydrogens is 580 g/mol. The summed E-state index contributed by atoms with van der Waals surface area (Å²) in [5.41, 5.74) is -4.18. The van der Waals surface area contributed by atoms with Gasteiger partial charge in [0.25, 0.3) is 17.4 Å². The van der Waals surface area contributed by atoms with Crippen LogP contribution in [0.15, 0.2) is 30.3 Å². The highest BCUT2D eigenvalue weighted by Gasteiger charge is 2.61. The lowest BCUT2D eigenvalue weighted by Crippen LogP contribution is -2.55. The van der Waals surface area contributed by atoms with Crippen LogP contribution >= 0.6 is 34.8 Å². The first kappa shape index (κ1) is 31.3. The van der Waals surface area contributed by atoms with E-state index in [1.807, 2.05) is 0 Å². The zero-order valence-corrected chi connectivity index (χ0v) is 24.0. The molecule has 1 fully saturated rings. The average Bonchev–Trinajstić information content (AvgIpc) is 2.86. The maximum atomic E-state index is 14.0. The lowest BCUT2D eigenvalue weighted by atomic mass is 9.90. The Morgan fingerprint density at radius 2 is 1.64 bits per heavy atom. The second-order valence-corrected chi connectivity index (χ2v) is 11.1. The third-order valence-electron chi connectivity index (χ3n) is 6.86. The molecule has 0 aliphatic carbocycles. The van der Waals surface area contributed by atoms with E-state index in [2.05, 4.69) is 9.88 Å². The third-order valence-corrected chi connectivity index (χ3v) is 7.59. The maximum absolute atomic E-state index is 14.0. The number of amides is 2. The first-order valence-corrected chi connectivity index (χ1v) is 13.4. The molecule has 1 atom stereocenters. The number of aliphatic hydroxyl groups is 1. The van der Waals surface area contributed by atoms with E-state index >= 15 is 0 Å². The van der Waals surface area contributed by atoms with Crippen molar-refractivity contribution >= 4 is 52.4 Å². The molecule has 1 aliphatic rings. The van der Waals surface area contributed by atoms with Gasteiger partial charge in [0, 0.05) is 56.4 Å². The van der Waals surface area contributed by atoms with E-state index in [0.29, 0.717) is 43.2 Å². The van der Waals surface area contributed by atoms with E-state index in [1.54, 1.807) is 26.2 Å². The van der Waals surface area contributed by atoms with E-state index in [0.717, 1.165) is 29.9 Å². The van der Waals surface area contributed by atoms with Crippen LogP contribution in [0.4, 0.5) is 19.0 Å². The molecule has 0 bridgehead atoms. The number of nitrogens with zero attached hydrogens (tertiary/aromatic N) is 4. The topological polar surface area (TPSA) is 77.0 Å². The van der Waals surface area contributed by atoms with Crippen LogP contribution in [0.3, 0.4) is 0 Å². The Morgan fingerprint density at radius 3 is 2.15 bits per heavy atom. The number of rotatable bonds is 8. The third kappa shape index (κ3) is 7.09. The second-order valence-electron chi connectivity index (χ2n) is 9.87. The van der Waals surface area contributed by atoms with Gasteiger partial charge in [-0.3, -0.25) is 9.59 Å². The highest BCUT2D eigenvalue weighted by atomic mass is 35.5. The van der Waals surface area contributed by atoms with Crippen LogP contribution in [0.1, 0.15) is 41.6 Å². The van der Waals surface area contributed by atoms with Crippen molar-refractivity contribution < 1.29 is 27.9 Å². The van der Waals surface area contributed by atoms with Crippen LogP contribution < -0.4 is 4.90 Å². The lowest BCUT2D eigenvalue weighted by molar-refractivity contribution is -0.261. The predicted octanol–water partition coefficient (Wildman–Crippen LogP) is 5.65. The standard InChI is InChI=1S/C26H30Cl3F3N4O3/c1-34(2)23(37)20-6-7-21(33-22(20)29)36-11-8-16(9-12-36)5-4-10-35(3)24(38)25(39,26(30,31)32)17-13-18(27)15-19(28)14-17/h6-7,13-16,39H,4-5,8-12H2,1-3H3. The van der Waals surface area contributed by atoms with Crippen molar-refractivity contribution in [2.45, 2.75) is 37.5 Å². The molecule has 1 aromatic heterocycles. The molecule has 2 aromatic rings. The predicted molar refractivity (Wildman–Crippen MR) is 145 cm³/mol. The van der Waals surface area contributed by atoms with Crippen LogP contribution in [0.2, 0.25) is 15.2 Å². The van der Waals surface area contributed by atoms with Crippen LogP contribution in [0.5, 0.6) is 0 Å². The van der Waals surface area contributed by atoms with Gasteiger partial charge in [0.2, 0.25) is 0 Å². The molecule has 39 heavy (non-hydrogen) atoms. The van der Waals surface area contributed by atoms with Gasteiger partial charge in [-0.15, -0.1) is 0 Å². The summed E-state index contributed by atoms with van der Waals surface area (Å²) in [6.07, 6.45) is -2.48. The number of halogens is 6. The van der Waals surface area contributed by atoms with Crippen LogP contribution in [-0.4, -0.2) is 78.7 Å². The molecule has 7 nitrogen and oxygen atoms in total. The fourth-order valence-electron chi connectivity index (χ4n) is 4.62. The van der Waals surface area contributed by atoms with Gasteiger partial charge in [-0.05, 0) is 61.9 Å². The largest absolute Gasteiger partial charge is 0.430 e. The van der Waals surface area contributed by atoms with Gasteiger partial charge in [-0.2, -0.15) is 13.2 Å². The Kier molecular flexibility index (Phi) is 10.0. The first-order valence-electron chi connectivity index (χ1n) is 12.3. The number of pyridine rings is 1. The van der Waals surface area contributed by atoms with Crippen LogP contribution in [0.25, 0.3) is 0 Å². The van der Waals surface area contributed by atoms with Gasteiger partial charge in [0.05, 0.1) is 5.56 Å². The van der Waals surface area contributed by atoms with Gasteiger partial charge in [-0.1, -0.05) is 34.8 Å². The second kappa shape index (κ2) is 12.5. The van der Waals surface area contributed by atoms with Gasteiger partial charge in [0.15, 0.2) is 0 Å². The Balaban J connectivity index is 1.56. The van der Waals surface area contributed by atoms with Crippen LogP contribution in [0, 0.1) is 5.92 Å². The SMILES string of the molecule is CN(C)C(=O)c1ccc(N2CCC(CCCN(C)C(=O)C(O)(c3cc(Cl)cc(Cl)c3)C(F)(F)F)CC2)nc1Cl. The van der Waals surface area contributed by atoms with Gasteiger partial charge < -0.3 is 19.8 Å². The molecule has 2 amide bonds. The molecule has 214 valence electrons. The Bertz CT molecular complexity index is 1190. The molecule has 1 saturated heterocycles. The number of carbonyl (C=O) groups is 2. The van der Waals surface area contributed by atoms with Crippen molar-refractivity contribution in [3.8, 4) is 0 Å². The molecular formula is C26H30Cl3F3N4O3. The summed E-state index contributed by atoms with van der Waals surface area (Å²) in [5.74, 6) is -0.747. The minimum atomic E-state index is -5.28. The summed E-state index contributed by atoms with van der Waals surface area (Å²) < 4.78 is 41.9. The number of benzene rings is 1. The summed E-state index contributed by atoms with van der Waals surface area (Å²) in [4.78, 5) is 33.8. The van der Waals surface area contributed by atoms with Crippen molar-refractivity contribution in [3.63, 3.8) is 0 Å². The van der Waals surface area contributed by atoms with Crippen LogP contribution in [-0.2, 0) is 10.4 Å². The molecule has 1 aromatic carbocycles. The Labute approximate surface area is 240 Å². The molecule has 3 rings (SSSR count). The summed E-state index contributed by atoms with van der Waals surface area (Å²) >= 11 is 17.9. The number of piperidine rings is 1. The number of likely N-dealkylation sites (N-methyl/N-ethyl adjacent to an activating group) is 1. The fourth-order valence-corrected chi connectivity index (χ4v) is 5.37. The van der Waals surface area contributed by atoms with Gasteiger partial charge >= 0.3 is 6.18 Å². The van der Waals surface area contributed by atoms with Crippen molar-refractivity contribution in [2.75, 3.05) is 45.7 Å². The number of aromatic nitrogens is 1. The molecule has 0 radical (unpaired) electrons. The van der Waals surface area contributed by atoms with Gasteiger partial charge in [-0.25, -0.2) is 4.98 Å². The average molecular weight is 610 g/mol. The van der Waals surface area contributed by atoms with E-state index in [-0.39, 0.29) is 27.7 Å². The molecule has 0 spiro atoms. The van der Waals surface area contributed by atoms with Crippen molar-refractivity contribution in [2.24, 2.45) is 5.92 Å². The lowest BCUT2D eigenvalue weighted by Gasteiger charge is -2.34. The molecule has 1 unspecified atom stereocenters. The monoisotopic (exact) mass is 608 g/mol. The summed E-state index contributed by atoms with van der Waals surface area (Å²) in [6.45, 7) is 1.43. The van der Waals surface area contributed by atoms with Crippen molar-refractivity contribution in [1.82, 2.24) is 14.8 Å². The number of hydrogen-bond acceptors (Lipinski definition) is 5. The number of carbonyl (C=O) groups excluding carboxylic acids is 2. The Hall–Kier alpha value is -2.27. The fraction of sp³-hybridized carbons (Fsp3) is 0.500. The smallest absolute Gasteiger partial charge is 0.368 e. The van der Waals surface area contributed by atoms with E-state index in [1.165, 1.54) is 18.0 Å². The maximum Gasteiger partial charge on any atom is 0.430 e. The minimum absolute atomic E-state index is 0.0320. The van der Waals surface area contributed by atoms with E-state index < -0.39 is 23.2 Å². The van der Waals surface area contributed by atoms with Crippen molar-refractivity contribution in [3.05, 3.63) is 56.7 Å². The normalized spacial score (nSPS) is 16.1. The highest BCUT2D eigenvalue weighted by Crippen LogP contribution is 2.42. The molecule has 1 aliphatic heterocycles. The summed E-state index contributed by atoms with van der Waals surface area (Å²) in [6, 6.07) is 6.41. The summed E-state index contributed by atoms with van der Waals surface area (Å²) in [5, 5.41) is 10.5. The van der Waals surface area contributed by atoms with E-state index in [9.17, 15) is 27.9 Å². The zero-order chi connectivity index (χ0) is 29.1. The minimum Gasteiger partial charge on any atom is -0.368 e. The molecule has 0 saturated carbocycles. The van der Waals surface area contributed by atoms with E-state index in [4.69, 9.17) is 34.8 Å². The zero-order valence-electron chi connectivity index (χ0n) is 21.7. The summed E-state index contributed by atoms with van der Waals surface area (Å²) in [7, 11) is 4.50. The van der Waals surface area contributed by atoms with Gasteiger partial charge in [0.1, 0.15) is 11.0 Å². The number of hydrogen-bond donors (Lipinski definition) is 1. The number of anilines is 1. The highest BCUT2D eigenvalue weighted by molar-refractivity contribution is 6.34. The first-order chi connectivity index (χ1) is 18.1. The molecule has 13 heteroatoms. The quantitative estimate of drug-likeness (QED) is 0.392. The molecule has 2 heterocycles. The molecule has 1 N–H and O–H groups in total. The Morgan fingerprint density at radius 1 is 1.05 bits per heavy atom. The number of alkyl halides is 3.